The molecule has 0 aliphatic carbocycles. The highest BCUT2D eigenvalue weighted by Crippen LogP contribution is 2.30. The number of hydrogen-bond acceptors (Lipinski definition) is 5. The van der Waals surface area contributed by atoms with Crippen molar-refractivity contribution in [2.75, 3.05) is 12.5 Å². The minimum Gasteiger partial charge on any atom is -0.496 e. The molecular formula is C18H17N3OS. The van der Waals surface area contributed by atoms with Crippen molar-refractivity contribution >= 4 is 22.7 Å². The van der Waals surface area contributed by atoms with Crippen LogP contribution in [-0.2, 0) is 0 Å². The Balaban J connectivity index is 1.76. The summed E-state index contributed by atoms with van der Waals surface area (Å²) >= 11 is 1.59. The van der Waals surface area contributed by atoms with E-state index in [1.54, 1.807) is 24.7 Å². The van der Waals surface area contributed by atoms with E-state index in [1.807, 2.05) is 42.5 Å². The van der Waals surface area contributed by atoms with Crippen molar-refractivity contribution < 1.29 is 4.74 Å². The van der Waals surface area contributed by atoms with Gasteiger partial charge in [-0.1, -0.05) is 42.5 Å². The van der Waals surface area contributed by atoms with Crippen LogP contribution in [0.3, 0.4) is 0 Å². The lowest BCUT2D eigenvalue weighted by Crippen LogP contribution is -1.93. The highest BCUT2D eigenvalue weighted by Gasteiger charge is 2.08. The Morgan fingerprint density at radius 3 is 2.61 bits per heavy atom. The predicted octanol–water partition coefficient (Wildman–Crippen LogP) is 4.57. The number of nitrogens with one attached hydrogen (secondary N) is 1. The second-order valence-corrected chi connectivity index (χ2v) is 6.10. The van der Waals surface area contributed by atoms with Crippen LogP contribution < -0.4 is 10.2 Å². The van der Waals surface area contributed by atoms with Crippen molar-refractivity contribution in [3.63, 3.8) is 0 Å². The molecule has 0 spiro atoms. The van der Waals surface area contributed by atoms with Crippen LogP contribution in [-0.4, -0.2) is 18.3 Å². The molecule has 0 amide bonds. The van der Waals surface area contributed by atoms with E-state index in [1.165, 1.54) is 0 Å². The molecule has 0 aliphatic rings. The van der Waals surface area contributed by atoms with Gasteiger partial charge in [0.15, 0.2) is 0 Å². The molecule has 0 radical (unpaired) electrons. The number of hydrazone groups is 1. The first-order chi connectivity index (χ1) is 11.3. The molecule has 0 saturated carbocycles. The summed E-state index contributed by atoms with van der Waals surface area (Å²) in [5.41, 5.74) is 6.02. The molecule has 1 N–H and O–H groups in total. The molecule has 0 bridgehead atoms. The number of ether oxygens (including phenoxy) is 1. The number of aryl methyl sites for hydroxylation is 1. The molecule has 1 aromatic heterocycles. The smallest absolute Gasteiger partial charge is 0.204 e. The van der Waals surface area contributed by atoms with E-state index >= 15 is 0 Å². The molecule has 0 saturated heterocycles. The lowest BCUT2D eigenvalue weighted by Gasteiger charge is -2.02. The van der Waals surface area contributed by atoms with Crippen molar-refractivity contribution in [3.8, 4) is 17.0 Å². The van der Waals surface area contributed by atoms with Crippen LogP contribution in [0.5, 0.6) is 5.75 Å². The number of para-hydroxylation sites is 1. The molecule has 1 heterocycles. The Morgan fingerprint density at radius 2 is 1.83 bits per heavy atom. The molecule has 0 atom stereocenters. The van der Waals surface area contributed by atoms with Gasteiger partial charge in [0, 0.05) is 16.0 Å². The van der Waals surface area contributed by atoms with Crippen LogP contribution in [0.15, 0.2) is 59.7 Å². The van der Waals surface area contributed by atoms with Gasteiger partial charge in [-0.15, -0.1) is 11.3 Å². The fraction of sp³-hybridized carbons (Fsp3) is 0.111. The Bertz CT molecular complexity index is 812. The molecule has 4 nitrogen and oxygen atoms in total. The van der Waals surface area contributed by atoms with Crippen LogP contribution >= 0.6 is 11.3 Å². The quantitative estimate of drug-likeness (QED) is 0.552. The van der Waals surface area contributed by atoms with Gasteiger partial charge in [-0.2, -0.15) is 5.10 Å². The summed E-state index contributed by atoms with van der Waals surface area (Å²) in [5.74, 6) is 0.790. The van der Waals surface area contributed by atoms with E-state index in [9.17, 15) is 0 Å². The van der Waals surface area contributed by atoms with Crippen LogP contribution in [0.25, 0.3) is 11.3 Å². The number of thiazole rings is 1. The minimum absolute atomic E-state index is 0.771. The maximum Gasteiger partial charge on any atom is 0.204 e. The molecule has 0 fully saturated rings. The summed E-state index contributed by atoms with van der Waals surface area (Å²) in [6, 6.07) is 17.9. The van der Waals surface area contributed by atoms with E-state index in [2.05, 4.69) is 34.6 Å². The molecule has 23 heavy (non-hydrogen) atoms. The third kappa shape index (κ3) is 3.57. The van der Waals surface area contributed by atoms with Gasteiger partial charge in [0.25, 0.3) is 0 Å². The highest BCUT2D eigenvalue weighted by molar-refractivity contribution is 7.15. The van der Waals surface area contributed by atoms with E-state index in [4.69, 9.17) is 4.74 Å². The van der Waals surface area contributed by atoms with Gasteiger partial charge in [0.05, 0.1) is 19.0 Å². The maximum atomic E-state index is 5.30. The van der Waals surface area contributed by atoms with Gasteiger partial charge in [0.1, 0.15) is 5.75 Å². The number of hydrogen-bond donors (Lipinski definition) is 1. The third-order valence-corrected chi connectivity index (χ3v) is 4.22. The zero-order valence-corrected chi connectivity index (χ0v) is 13.8. The van der Waals surface area contributed by atoms with Crippen molar-refractivity contribution in [2.24, 2.45) is 5.10 Å². The molecule has 0 unspecified atom stereocenters. The zero-order valence-electron chi connectivity index (χ0n) is 13.0. The monoisotopic (exact) mass is 323 g/mol. The molecular weight excluding hydrogens is 306 g/mol. The van der Waals surface area contributed by atoms with Gasteiger partial charge in [-0.25, -0.2) is 4.98 Å². The number of aromatic nitrogens is 1. The Labute approximate surface area is 139 Å². The lowest BCUT2D eigenvalue weighted by molar-refractivity contribution is 0.414. The zero-order chi connectivity index (χ0) is 16.1. The summed E-state index contributed by atoms with van der Waals surface area (Å²) in [5, 5.41) is 5.03. The Morgan fingerprint density at radius 1 is 1.09 bits per heavy atom. The lowest BCUT2D eigenvalue weighted by atomic mass is 10.1. The summed E-state index contributed by atoms with van der Waals surface area (Å²) in [7, 11) is 1.65. The van der Waals surface area contributed by atoms with Crippen molar-refractivity contribution in [1.29, 1.82) is 0 Å². The molecule has 116 valence electrons. The Kier molecular flexibility index (Phi) is 4.68. The number of anilines is 1. The highest BCUT2D eigenvalue weighted by atomic mass is 32.1. The van der Waals surface area contributed by atoms with Crippen LogP contribution in [0.4, 0.5) is 5.13 Å². The van der Waals surface area contributed by atoms with Crippen LogP contribution in [0.1, 0.15) is 10.4 Å². The van der Waals surface area contributed by atoms with Crippen molar-refractivity contribution in [2.45, 2.75) is 6.92 Å². The predicted molar refractivity (Wildman–Crippen MR) is 96.5 cm³/mol. The molecule has 2 aromatic carbocycles. The van der Waals surface area contributed by atoms with Crippen molar-refractivity contribution in [1.82, 2.24) is 4.98 Å². The second-order valence-electron chi connectivity index (χ2n) is 4.90. The van der Waals surface area contributed by atoms with Crippen LogP contribution in [0.2, 0.25) is 0 Å². The fourth-order valence-corrected chi connectivity index (χ4v) is 3.02. The van der Waals surface area contributed by atoms with Gasteiger partial charge in [-0.05, 0) is 19.1 Å². The normalized spacial score (nSPS) is 10.9. The molecule has 5 heteroatoms. The van der Waals surface area contributed by atoms with Gasteiger partial charge in [0.2, 0.25) is 5.13 Å². The maximum absolute atomic E-state index is 5.30. The van der Waals surface area contributed by atoms with Crippen LogP contribution in [0, 0.1) is 6.92 Å². The van der Waals surface area contributed by atoms with E-state index in [-0.39, 0.29) is 0 Å². The number of methoxy groups -OCH3 is 1. The summed E-state index contributed by atoms with van der Waals surface area (Å²) < 4.78 is 5.30. The topological polar surface area (TPSA) is 46.5 Å². The average Bonchev–Trinajstić information content (AvgIpc) is 2.97. The largest absolute Gasteiger partial charge is 0.496 e. The summed E-state index contributed by atoms with van der Waals surface area (Å²) in [6.45, 7) is 2.06. The minimum atomic E-state index is 0.771. The fourth-order valence-electron chi connectivity index (χ4n) is 2.24. The van der Waals surface area contributed by atoms with Gasteiger partial charge in [-0.3, -0.25) is 5.43 Å². The molecule has 3 rings (SSSR count). The summed E-state index contributed by atoms with van der Waals surface area (Å²) in [6.07, 6.45) is 1.73. The number of rotatable bonds is 5. The van der Waals surface area contributed by atoms with E-state index in [0.29, 0.717) is 0 Å². The Hall–Kier alpha value is -2.66. The standard InChI is InChI=1S/C18H17N3OS/c1-13-17(14-8-4-3-5-9-14)20-18(23-13)21-19-12-15-10-6-7-11-16(15)22-2/h3-12H,1-2H3,(H,20,21)/b19-12-. The van der Waals surface area contributed by atoms with Gasteiger partial charge < -0.3 is 4.74 Å². The SMILES string of the molecule is COc1ccccc1/C=N\Nc1nc(-c2ccccc2)c(C)s1. The first kappa shape index (κ1) is 15.2. The molecule has 0 aliphatic heterocycles. The molecule has 3 aromatic rings. The van der Waals surface area contributed by atoms with Crippen molar-refractivity contribution in [3.05, 3.63) is 65.0 Å². The first-order valence-electron chi connectivity index (χ1n) is 7.23. The third-order valence-electron chi connectivity index (χ3n) is 3.35. The van der Waals surface area contributed by atoms with E-state index < -0.39 is 0 Å². The summed E-state index contributed by atoms with van der Waals surface area (Å²) in [4.78, 5) is 5.77. The first-order valence-corrected chi connectivity index (χ1v) is 8.04. The van der Waals surface area contributed by atoms with E-state index in [0.717, 1.165) is 32.6 Å². The second kappa shape index (κ2) is 7.07. The number of benzene rings is 2. The van der Waals surface area contributed by atoms with Gasteiger partial charge >= 0.3 is 0 Å². The number of nitrogens with zero attached hydrogens (tertiary/aromatic N) is 2. The average molecular weight is 323 g/mol.